The van der Waals surface area contributed by atoms with Crippen LogP contribution in [0.15, 0.2) is 36.4 Å². The summed E-state index contributed by atoms with van der Waals surface area (Å²) >= 11 is 0. The normalized spacial score (nSPS) is 15.1. The molecule has 0 spiro atoms. The highest BCUT2D eigenvalue weighted by molar-refractivity contribution is 5.93. The summed E-state index contributed by atoms with van der Waals surface area (Å²) in [6.45, 7) is 1.89. The molecule has 0 atom stereocenters. The molecule has 1 N–H and O–H groups in total. The van der Waals surface area contributed by atoms with Gasteiger partial charge < -0.3 is 10.2 Å². The molecular formula is C19H24N4O. The first-order valence-electron chi connectivity index (χ1n) is 8.59. The van der Waals surface area contributed by atoms with Crippen LogP contribution in [0.5, 0.6) is 0 Å². The minimum Gasteiger partial charge on any atom is -0.348 e. The van der Waals surface area contributed by atoms with Gasteiger partial charge in [-0.05, 0) is 38.0 Å². The number of anilines is 2. The molecule has 0 saturated heterocycles. The Morgan fingerprint density at radius 1 is 1.12 bits per heavy atom. The van der Waals surface area contributed by atoms with Gasteiger partial charge in [-0.2, -0.15) is 0 Å². The summed E-state index contributed by atoms with van der Waals surface area (Å²) in [6, 6.07) is 11.9. The molecule has 24 heavy (non-hydrogen) atoms. The number of amides is 1. The third-order valence-electron chi connectivity index (χ3n) is 4.46. The van der Waals surface area contributed by atoms with Gasteiger partial charge in [0.2, 0.25) is 5.95 Å². The molecule has 0 unspecified atom stereocenters. The molecule has 1 aliphatic rings. The molecule has 2 aromatic rings. The number of rotatable bonds is 4. The Morgan fingerprint density at radius 3 is 2.54 bits per heavy atom. The molecule has 1 amide bonds. The van der Waals surface area contributed by atoms with Crippen LogP contribution in [0, 0.1) is 6.92 Å². The maximum atomic E-state index is 12.6. The number of nitrogens with zero attached hydrogens (tertiary/aromatic N) is 3. The Bertz CT molecular complexity index is 696. The number of nitrogens with one attached hydrogen (secondary N) is 1. The maximum Gasteiger partial charge on any atom is 0.270 e. The van der Waals surface area contributed by atoms with Crippen molar-refractivity contribution >= 4 is 17.5 Å². The number of para-hydroxylation sites is 1. The lowest BCUT2D eigenvalue weighted by Crippen LogP contribution is -2.36. The van der Waals surface area contributed by atoms with E-state index in [4.69, 9.17) is 0 Å². The van der Waals surface area contributed by atoms with Gasteiger partial charge in [-0.25, -0.2) is 9.97 Å². The van der Waals surface area contributed by atoms with Crippen molar-refractivity contribution in [2.75, 3.05) is 11.9 Å². The molecule has 1 aromatic heterocycles. The zero-order valence-electron chi connectivity index (χ0n) is 14.3. The van der Waals surface area contributed by atoms with Crippen LogP contribution in [0.2, 0.25) is 0 Å². The van der Waals surface area contributed by atoms with E-state index in [9.17, 15) is 4.79 Å². The second kappa shape index (κ2) is 7.43. The molecule has 0 radical (unpaired) electrons. The van der Waals surface area contributed by atoms with E-state index in [2.05, 4.69) is 15.3 Å². The Labute approximate surface area is 143 Å². The minimum absolute atomic E-state index is 0.102. The molecule has 0 bridgehead atoms. The molecule has 1 fully saturated rings. The van der Waals surface area contributed by atoms with E-state index in [1.807, 2.05) is 49.2 Å². The third-order valence-corrected chi connectivity index (χ3v) is 4.46. The summed E-state index contributed by atoms with van der Waals surface area (Å²) in [5.74, 6) is 0.435. The van der Waals surface area contributed by atoms with E-state index in [-0.39, 0.29) is 11.9 Å². The Hall–Kier alpha value is -2.43. The van der Waals surface area contributed by atoms with Crippen molar-refractivity contribution in [3.63, 3.8) is 0 Å². The van der Waals surface area contributed by atoms with Gasteiger partial charge in [0.15, 0.2) is 0 Å². The van der Waals surface area contributed by atoms with Gasteiger partial charge in [0.1, 0.15) is 5.69 Å². The highest BCUT2D eigenvalue weighted by Crippen LogP contribution is 2.21. The number of hydrogen-bond acceptors (Lipinski definition) is 4. The predicted octanol–water partition coefficient (Wildman–Crippen LogP) is 3.62. The molecule has 1 aliphatic carbocycles. The molecule has 126 valence electrons. The van der Waals surface area contributed by atoms with Crippen LogP contribution in [0.4, 0.5) is 11.6 Å². The smallest absolute Gasteiger partial charge is 0.270 e. The number of carbonyl (C=O) groups is 1. The number of aromatic nitrogens is 2. The zero-order valence-corrected chi connectivity index (χ0v) is 14.3. The van der Waals surface area contributed by atoms with E-state index in [1.54, 1.807) is 6.07 Å². The second-order valence-electron chi connectivity index (χ2n) is 6.40. The van der Waals surface area contributed by atoms with Crippen LogP contribution in [-0.4, -0.2) is 29.0 Å². The Morgan fingerprint density at radius 2 is 1.83 bits per heavy atom. The Kier molecular flexibility index (Phi) is 5.08. The molecule has 5 nitrogen and oxygen atoms in total. The summed E-state index contributed by atoms with van der Waals surface area (Å²) in [5, 5.41) is 3.12. The molecule has 1 aromatic carbocycles. The maximum absolute atomic E-state index is 12.6. The summed E-state index contributed by atoms with van der Waals surface area (Å²) in [6.07, 6.45) is 5.77. The SMILES string of the molecule is Cc1cc(C(=O)NC2CCCCC2)nc(N(C)c2ccccc2)n1. The van der Waals surface area contributed by atoms with Crippen LogP contribution in [0.3, 0.4) is 0 Å². The van der Waals surface area contributed by atoms with Crippen LogP contribution >= 0.6 is 0 Å². The number of hydrogen-bond donors (Lipinski definition) is 1. The van der Waals surface area contributed by atoms with Crippen molar-refractivity contribution in [1.29, 1.82) is 0 Å². The largest absolute Gasteiger partial charge is 0.348 e. The fraction of sp³-hybridized carbons (Fsp3) is 0.421. The van der Waals surface area contributed by atoms with Crippen molar-refractivity contribution < 1.29 is 4.79 Å². The van der Waals surface area contributed by atoms with E-state index >= 15 is 0 Å². The van der Waals surface area contributed by atoms with Crippen LogP contribution in [0.25, 0.3) is 0 Å². The number of aryl methyl sites for hydroxylation is 1. The zero-order chi connectivity index (χ0) is 16.9. The first kappa shape index (κ1) is 16.4. The second-order valence-corrected chi connectivity index (χ2v) is 6.40. The average molecular weight is 324 g/mol. The topological polar surface area (TPSA) is 58.1 Å². The van der Waals surface area contributed by atoms with Gasteiger partial charge >= 0.3 is 0 Å². The van der Waals surface area contributed by atoms with Crippen molar-refractivity contribution in [3.8, 4) is 0 Å². The molecule has 5 heteroatoms. The highest BCUT2D eigenvalue weighted by atomic mass is 16.1. The molecule has 1 saturated carbocycles. The fourth-order valence-corrected chi connectivity index (χ4v) is 3.09. The van der Waals surface area contributed by atoms with Gasteiger partial charge in [-0.15, -0.1) is 0 Å². The number of carbonyl (C=O) groups excluding carboxylic acids is 1. The monoisotopic (exact) mass is 324 g/mol. The number of benzene rings is 1. The van der Waals surface area contributed by atoms with Crippen molar-refractivity contribution in [1.82, 2.24) is 15.3 Å². The predicted molar refractivity (Wildman–Crippen MR) is 95.6 cm³/mol. The van der Waals surface area contributed by atoms with Gasteiger partial charge in [-0.1, -0.05) is 37.5 Å². The lowest BCUT2D eigenvalue weighted by molar-refractivity contribution is 0.0922. The summed E-state index contributed by atoms with van der Waals surface area (Å²) in [5.41, 5.74) is 2.21. The van der Waals surface area contributed by atoms with E-state index in [1.165, 1.54) is 19.3 Å². The molecule has 3 rings (SSSR count). The molecule has 0 aliphatic heterocycles. The van der Waals surface area contributed by atoms with Crippen LogP contribution < -0.4 is 10.2 Å². The van der Waals surface area contributed by atoms with Crippen molar-refractivity contribution in [2.45, 2.75) is 45.1 Å². The first-order valence-corrected chi connectivity index (χ1v) is 8.59. The van der Waals surface area contributed by atoms with Crippen LogP contribution in [-0.2, 0) is 0 Å². The summed E-state index contributed by atoms with van der Waals surface area (Å²) in [7, 11) is 1.91. The summed E-state index contributed by atoms with van der Waals surface area (Å²) < 4.78 is 0. The van der Waals surface area contributed by atoms with Gasteiger partial charge in [-0.3, -0.25) is 4.79 Å². The van der Waals surface area contributed by atoms with Crippen LogP contribution in [0.1, 0.15) is 48.3 Å². The molecule has 1 heterocycles. The fourth-order valence-electron chi connectivity index (χ4n) is 3.09. The quantitative estimate of drug-likeness (QED) is 0.933. The van der Waals surface area contributed by atoms with E-state index in [0.717, 1.165) is 24.2 Å². The molecular weight excluding hydrogens is 300 g/mol. The first-order chi connectivity index (χ1) is 11.6. The van der Waals surface area contributed by atoms with E-state index in [0.29, 0.717) is 11.6 Å². The van der Waals surface area contributed by atoms with Crippen molar-refractivity contribution in [3.05, 3.63) is 47.8 Å². The standard InChI is InChI=1S/C19H24N4O/c1-14-13-17(18(24)21-15-9-5-3-6-10-15)22-19(20-14)23(2)16-11-7-4-8-12-16/h4,7-8,11-13,15H,3,5-6,9-10H2,1-2H3,(H,21,24). The van der Waals surface area contributed by atoms with E-state index < -0.39 is 0 Å². The summed E-state index contributed by atoms with van der Waals surface area (Å²) in [4.78, 5) is 23.4. The highest BCUT2D eigenvalue weighted by Gasteiger charge is 2.19. The Balaban J connectivity index is 1.79. The third kappa shape index (κ3) is 3.91. The van der Waals surface area contributed by atoms with Gasteiger partial charge in [0.25, 0.3) is 5.91 Å². The lowest BCUT2D eigenvalue weighted by Gasteiger charge is -2.23. The lowest BCUT2D eigenvalue weighted by atomic mass is 9.95. The van der Waals surface area contributed by atoms with Gasteiger partial charge in [0.05, 0.1) is 0 Å². The average Bonchev–Trinajstić information content (AvgIpc) is 2.62. The van der Waals surface area contributed by atoms with Gasteiger partial charge in [0, 0.05) is 24.5 Å². The minimum atomic E-state index is -0.102. The van der Waals surface area contributed by atoms with Crippen molar-refractivity contribution in [2.24, 2.45) is 0 Å².